The second-order valence-corrected chi connectivity index (χ2v) is 6.67. The molecular formula is C15H29NO. The molecule has 17 heavy (non-hydrogen) atoms. The van der Waals surface area contributed by atoms with Crippen molar-refractivity contribution in [1.82, 2.24) is 4.90 Å². The first kappa shape index (κ1) is 13.4. The summed E-state index contributed by atoms with van der Waals surface area (Å²) in [4.78, 5) is 2.57. The van der Waals surface area contributed by atoms with Crippen molar-refractivity contribution >= 4 is 0 Å². The predicted molar refractivity (Wildman–Crippen MR) is 71.9 cm³/mol. The lowest BCUT2D eigenvalue weighted by Gasteiger charge is -2.44. The quantitative estimate of drug-likeness (QED) is 0.801. The number of hydrogen-bond acceptors (Lipinski definition) is 2. The molecule has 2 rings (SSSR count). The highest BCUT2D eigenvalue weighted by molar-refractivity contribution is 4.89. The minimum absolute atomic E-state index is 0.0709. The maximum atomic E-state index is 10.2. The van der Waals surface area contributed by atoms with Crippen LogP contribution in [-0.2, 0) is 0 Å². The van der Waals surface area contributed by atoms with E-state index in [0.29, 0.717) is 6.04 Å². The lowest BCUT2D eigenvalue weighted by molar-refractivity contribution is -0.0164. The summed E-state index contributed by atoms with van der Waals surface area (Å²) in [5.74, 6) is 2.48. The van der Waals surface area contributed by atoms with E-state index < -0.39 is 0 Å². The van der Waals surface area contributed by atoms with E-state index in [1.165, 1.54) is 38.8 Å². The van der Waals surface area contributed by atoms with Gasteiger partial charge < -0.3 is 5.11 Å². The summed E-state index contributed by atoms with van der Waals surface area (Å²) in [5, 5.41) is 10.2. The van der Waals surface area contributed by atoms with Gasteiger partial charge in [-0.1, -0.05) is 20.8 Å². The molecular weight excluding hydrogens is 210 g/mol. The summed E-state index contributed by atoms with van der Waals surface area (Å²) < 4.78 is 0. The van der Waals surface area contributed by atoms with E-state index >= 15 is 0 Å². The fourth-order valence-corrected chi connectivity index (χ4v) is 3.52. The Morgan fingerprint density at radius 1 is 1.06 bits per heavy atom. The average molecular weight is 239 g/mol. The minimum atomic E-state index is -0.0709. The van der Waals surface area contributed by atoms with Crippen LogP contribution in [0.5, 0.6) is 0 Å². The Bertz CT molecular complexity index is 233. The minimum Gasteiger partial charge on any atom is -0.391 e. The first-order valence-corrected chi connectivity index (χ1v) is 7.50. The van der Waals surface area contributed by atoms with Gasteiger partial charge in [0.05, 0.1) is 6.10 Å². The number of hydrogen-bond donors (Lipinski definition) is 1. The van der Waals surface area contributed by atoms with Crippen molar-refractivity contribution in [2.24, 2.45) is 17.8 Å². The van der Waals surface area contributed by atoms with Gasteiger partial charge in [-0.05, 0) is 62.9 Å². The van der Waals surface area contributed by atoms with E-state index in [0.717, 1.165) is 24.2 Å². The molecule has 100 valence electrons. The monoisotopic (exact) mass is 239 g/mol. The van der Waals surface area contributed by atoms with Gasteiger partial charge in [-0.25, -0.2) is 0 Å². The molecule has 3 atom stereocenters. The van der Waals surface area contributed by atoms with Gasteiger partial charge in [0.25, 0.3) is 0 Å². The van der Waals surface area contributed by atoms with Gasteiger partial charge in [0, 0.05) is 6.04 Å². The smallest absolute Gasteiger partial charge is 0.0695 e. The third kappa shape index (κ3) is 3.23. The van der Waals surface area contributed by atoms with Crippen molar-refractivity contribution in [2.75, 3.05) is 13.1 Å². The Morgan fingerprint density at radius 2 is 1.71 bits per heavy atom. The normalized spacial score (nSPS) is 37.6. The molecule has 2 nitrogen and oxygen atoms in total. The maximum absolute atomic E-state index is 10.2. The molecule has 1 saturated heterocycles. The molecule has 1 aliphatic heterocycles. The van der Waals surface area contributed by atoms with Gasteiger partial charge in [-0.2, -0.15) is 0 Å². The number of rotatable bonds is 2. The molecule has 2 aliphatic rings. The molecule has 2 fully saturated rings. The number of piperidine rings is 1. The number of likely N-dealkylation sites (tertiary alicyclic amines) is 1. The Balaban J connectivity index is 1.93. The molecule has 0 aromatic carbocycles. The molecule has 1 heterocycles. The van der Waals surface area contributed by atoms with Gasteiger partial charge >= 0.3 is 0 Å². The summed E-state index contributed by atoms with van der Waals surface area (Å²) >= 11 is 0. The van der Waals surface area contributed by atoms with Crippen molar-refractivity contribution in [3.8, 4) is 0 Å². The van der Waals surface area contributed by atoms with Crippen LogP contribution in [0.2, 0.25) is 0 Å². The molecule has 1 aliphatic carbocycles. The van der Waals surface area contributed by atoms with E-state index in [4.69, 9.17) is 0 Å². The van der Waals surface area contributed by atoms with E-state index in [1.54, 1.807) is 0 Å². The van der Waals surface area contributed by atoms with E-state index in [9.17, 15) is 5.11 Å². The molecule has 3 unspecified atom stereocenters. The molecule has 0 amide bonds. The van der Waals surface area contributed by atoms with Crippen LogP contribution in [0, 0.1) is 17.8 Å². The zero-order valence-corrected chi connectivity index (χ0v) is 11.7. The van der Waals surface area contributed by atoms with Crippen molar-refractivity contribution in [2.45, 2.75) is 65.0 Å². The topological polar surface area (TPSA) is 23.5 Å². The molecule has 0 aromatic rings. The third-order valence-corrected chi connectivity index (χ3v) is 5.05. The fourth-order valence-electron chi connectivity index (χ4n) is 3.52. The average Bonchev–Trinajstić information content (AvgIpc) is 2.31. The van der Waals surface area contributed by atoms with Crippen molar-refractivity contribution in [1.29, 1.82) is 0 Å². The Hall–Kier alpha value is -0.0800. The molecule has 1 saturated carbocycles. The summed E-state index contributed by atoms with van der Waals surface area (Å²) in [6.07, 6.45) is 6.01. The molecule has 1 N–H and O–H groups in total. The summed E-state index contributed by atoms with van der Waals surface area (Å²) in [5.41, 5.74) is 0. The molecule has 0 aromatic heterocycles. The second-order valence-electron chi connectivity index (χ2n) is 6.67. The van der Waals surface area contributed by atoms with Crippen molar-refractivity contribution in [3.63, 3.8) is 0 Å². The highest BCUT2D eigenvalue weighted by atomic mass is 16.3. The standard InChI is InChI=1S/C15H29NO/c1-11(2)13-4-5-15(17)14(10-13)16-8-6-12(3)7-9-16/h11-15,17H,4-10H2,1-3H3. The van der Waals surface area contributed by atoms with Crippen molar-refractivity contribution in [3.05, 3.63) is 0 Å². The van der Waals surface area contributed by atoms with Crippen LogP contribution in [0.15, 0.2) is 0 Å². The second kappa shape index (κ2) is 5.71. The van der Waals surface area contributed by atoms with Crippen LogP contribution in [-0.4, -0.2) is 35.2 Å². The van der Waals surface area contributed by atoms with Crippen LogP contribution >= 0.6 is 0 Å². The first-order valence-electron chi connectivity index (χ1n) is 7.50. The maximum Gasteiger partial charge on any atom is 0.0695 e. The van der Waals surface area contributed by atoms with Gasteiger partial charge in [-0.3, -0.25) is 4.90 Å². The highest BCUT2D eigenvalue weighted by Gasteiger charge is 2.35. The summed E-state index contributed by atoms with van der Waals surface area (Å²) in [6.45, 7) is 9.42. The van der Waals surface area contributed by atoms with Crippen LogP contribution in [0.25, 0.3) is 0 Å². The van der Waals surface area contributed by atoms with Gasteiger partial charge in [-0.15, -0.1) is 0 Å². The lowest BCUT2D eigenvalue weighted by atomic mass is 9.77. The third-order valence-electron chi connectivity index (χ3n) is 5.05. The zero-order valence-electron chi connectivity index (χ0n) is 11.7. The predicted octanol–water partition coefficient (Wildman–Crippen LogP) is 2.90. The lowest BCUT2D eigenvalue weighted by Crippen LogP contribution is -2.50. The Morgan fingerprint density at radius 3 is 2.29 bits per heavy atom. The van der Waals surface area contributed by atoms with Crippen LogP contribution in [0.3, 0.4) is 0 Å². The van der Waals surface area contributed by atoms with Crippen LogP contribution in [0.1, 0.15) is 52.9 Å². The van der Waals surface area contributed by atoms with Gasteiger partial charge in [0.15, 0.2) is 0 Å². The fraction of sp³-hybridized carbons (Fsp3) is 1.00. The zero-order chi connectivity index (χ0) is 12.4. The van der Waals surface area contributed by atoms with Crippen molar-refractivity contribution < 1.29 is 5.11 Å². The summed E-state index contributed by atoms with van der Waals surface area (Å²) in [6, 6.07) is 0.448. The van der Waals surface area contributed by atoms with E-state index in [-0.39, 0.29) is 6.10 Å². The van der Waals surface area contributed by atoms with Crippen LogP contribution in [0.4, 0.5) is 0 Å². The Labute approximate surface area is 106 Å². The summed E-state index contributed by atoms with van der Waals surface area (Å²) in [7, 11) is 0. The van der Waals surface area contributed by atoms with Gasteiger partial charge in [0.1, 0.15) is 0 Å². The van der Waals surface area contributed by atoms with E-state index in [1.807, 2.05) is 0 Å². The first-order chi connectivity index (χ1) is 8.08. The molecule has 0 radical (unpaired) electrons. The van der Waals surface area contributed by atoms with E-state index in [2.05, 4.69) is 25.7 Å². The highest BCUT2D eigenvalue weighted by Crippen LogP contribution is 2.34. The van der Waals surface area contributed by atoms with Gasteiger partial charge in [0.2, 0.25) is 0 Å². The largest absolute Gasteiger partial charge is 0.391 e. The number of nitrogens with zero attached hydrogens (tertiary/aromatic N) is 1. The number of aliphatic hydroxyl groups is 1. The number of aliphatic hydroxyl groups excluding tert-OH is 1. The molecule has 2 heteroatoms. The Kier molecular flexibility index (Phi) is 4.48. The SMILES string of the molecule is CC1CCN(C2CC(C(C)C)CCC2O)CC1. The molecule has 0 spiro atoms. The molecule has 0 bridgehead atoms. The van der Waals surface area contributed by atoms with Crippen LogP contribution < -0.4 is 0 Å².